The fourth-order valence-corrected chi connectivity index (χ4v) is 4.56. The van der Waals surface area contributed by atoms with Crippen LogP contribution in [0.3, 0.4) is 0 Å². The summed E-state index contributed by atoms with van der Waals surface area (Å²) in [7, 11) is 0. The number of aryl methyl sites for hydroxylation is 2. The van der Waals surface area contributed by atoms with Gasteiger partial charge in [0.15, 0.2) is 0 Å². The van der Waals surface area contributed by atoms with Crippen LogP contribution in [0, 0.1) is 21.0 Å². The molecule has 1 amide bonds. The first-order chi connectivity index (χ1) is 12.4. The zero-order chi connectivity index (χ0) is 19.1. The topological polar surface area (TPSA) is 50.7 Å². The van der Waals surface area contributed by atoms with Crippen molar-refractivity contribution in [2.45, 2.75) is 33.6 Å². The van der Waals surface area contributed by atoms with Gasteiger partial charge >= 0.3 is 0 Å². The van der Waals surface area contributed by atoms with E-state index in [1.807, 2.05) is 38.1 Å². The maximum Gasteiger partial charge on any atom is 0.244 e. The van der Waals surface area contributed by atoms with Crippen LogP contribution in [0.4, 0.5) is 0 Å². The summed E-state index contributed by atoms with van der Waals surface area (Å²) in [5, 5.41) is 4.09. The summed E-state index contributed by atoms with van der Waals surface area (Å²) in [4.78, 5) is 12.1. The van der Waals surface area contributed by atoms with E-state index in [1.54, 1.807) is 6.21 Å². The first-order valence-corrected chi connectivity index (χ1v) is 10.6. The molecule has 6 heteroatoms. The lowest BCUT2D eigenvalue weighted by Gasteiger charge is -2.10. The highest BCUT2D eigenvalue weighted by atomic mass is 127. The second kappa shape index (κ2) is 10.2. The largest absolute Gasteiger partial charge is 0.491 e. The van der Waals surface area contributed by atoms with Gasteiger partial charge in [-0.2, -0.15) is 5.10 Å². The van der Waals surface area contributed by atoms with E-state index in [0.29, 0.717) is 13.0 Å². The van der Waals surface area contributed by atoms with Gasteiger partial charge < -0.3 is 4.74 Å². The van der Waals surface area contributed by atoms with Crippen molar-refractivity contribution in [3.8, 4) is 5.75 Å². The Morgan fingerprint density at radius 3 is 2.50 bits per heavy atom. The van der Waals surface area contributed by atoms with Crippen molar-refractivity contribution in [2.75, 3.05) is 6.61 Å². The molecule has 0 unspecified atom stereocenters. The number of amides is 1. The molecular weight excluding hydrogens is 554 g/mol. The van der Waals surface area contributed by atoms with Gasteiger partial charge in [0.05, 0.1) is 26.4 Å². The first kappa shape index (κ1) is 21.1. The van der Waals surface area contributed by atoms with Gasteiger partial charge in [0.1, 0.15) is 5.75 Å². The van der Waals surface area contributed by atoms with Crippen molar-refractivity contribution in [1.82, 2.24) is 5.43 Å². The van der Waals surface area contributed by atoms with E-state index in [-0.39, 0.29) is 5.91 Å². The van der Waals surface area contributed by atoms with Gasteiger partial charge in [-0.15, -0.1) is 0 Å². The van der Waals surface area contributed by atoms with Gasteiger partial charge in [-0.1, -0.05) is 30.7 Å². The van der Waals surface area contributed by atoms with Gasteiger partial charge in [0.2, 0.25) is 5.91 Å². The lowest BCUT2D eigenvalue weighted by molar-refractivity contribution is -0.120. The maximum absolute atomic E-state index is 12.1. The highest BCUT2D eigenvalue weighted by molar-refractivity contribution is 14.1. The standard InChI is InChI=1S/C20H22I2N2O2/c1-4-7-26-20-17(21)9-15(10-18(20)22)12-23-24-19(25)11-16-6-5-13(2)8-14(16)3/h5-6,8-10,12H,4,7,11H2,1-3H3,(H,24,25)/b23-12+. The molecule has 0 saturated heterocycles. The Kier molecular flexibility index (Phi) is 8.33. The molecule has 1 N–H and O–H groups in total. The summed E-state index contributed by atoms with van der Waals surface area (Å²) in [6, 6.07) is 10.1. The maximum atomic E-state index is 12.1. The van der Waals surface area contributed by atoms with Crippen LogP contribution < -0.4 is 10.2 Å². The first-order valence-electron chi connectivity index (χ1n) is 8.40. The fourth-order valence-electron chi connectivity index (χ4n) is 2.43. The van der Waals surface area contributed by atoms with Crippen molar-refractivity contribution in [2.24, 2.45) is 5.10 Å². The number of ether oxygens (including phenoxy) is 1. The predicted molar refractivity (Wildman–Crippen MR) is 123 cm³/mol. The number of hydrazone groups is 1. The number of benzene rings is 2. The number of rotatable bonds is 7. The zero-order valence-corrected chi connectivity index (χ0v) is 19.4. The number of hydrogen-bond donors (Lipinski definition) is 1. The lowest BCUT2D eigenvalue weighted by Crippen LogP contribution is -2.20. The molecule has 4 nitrogen and oxygen atoms in total. The molecule has 2 aromatic rings. The molecule has 0 saturated carbocycles. The van der Waals surface area contributed by atoms with Crippen LogP contribution in [0.1, 0.15) is 35.6 Å². The van der Waals surface area contributed by atoms with E-state index < -0.39 is 0 Å². The van der Waals surface area contributed by atoms with Crippen LogP contribution in [0.2, 0.25) is 0 Å². The van der Waals surface area contributed by atoms with Gasteiger partial charge in [0.25, 0.3) is 0 Å². The normalized spacial score (nSPS) is 11.0. The number of hydrogen-bond acceptors (Lipinski definition) is 3. The Bertz CT molecular complexity index is 796. The van der Waals surface area contributed by atoms with Crippen LogP contribution >= 0.6 is 45.2 Å². The number of halogens is 2. The molecule has 0 bridgehead atoms. The van der Waals surface area contributed by atoms with Crippen LogP contribution in [0.15, 0.2) is 35.4 Å². The van der Waals surface area contributed by atoms with Gasteiger partial charge in [-0.05, 0) is 94.3 Å². The second-order valence-electron chi connectivity index (χ2n) is 6.06. The Hall–Kier alpha value is -1.16. The van der Waals surface area contributed by atoms with Crippen molar-refractivity contribution >= 4 is 57.3 Å². The molecule has 0 aliphatic rings. The monoisotopic (exact) mass is 576 g/mol. The molecule has 138 valence electrons. The molecule has 0 radical (unpaired) electrons. The molecule has 26 heavy (non-hydrogen) atoms. The SMILES string of the molecule is CCCOc1c(I)cc(/C=N/NC(=O)Cc2ccc(C)cc2C)cc1I. The highest BCUT2D eigenvalue weighted by Gasteiger charge is 2.08. The van der Waals surface area contributed by atoms with Crippen LogP contribution in [0.5, 0.6) is 5.75 Å². The summed E-state index contributed by atoms with van der Waals surface area (Å²) in [6.45, 7) is 6.85. The van der Waals surface area contributed by atoms with E-state index in [2.05, 4.69) is 68.7 Å². The molecule has 0 fully saturated rings. The van der Waals surface area contributed by atoms with E-state index >= 15 is 0 Å². The Balaban J connectivity index is 1.98. The van der Waals surface area contributed by atoms with Crippen molar-refractivity contribution in [3.05, 3.63) is 59.7 Å². The Labute approximate surface area is 182 Å². The third kappa shape index (κ3) is 6.22. The summed E-state index contributed by atoms with van der Waals surface area (Å²) in [6.07, 6.45) is 2.96. The van der Waals surface area contributed by atoms with Gasteiger partial charge in [0, 0.05) is 0 Å². The summed E-state index contributed by atoms with van der Waals surface area (Å²) >= 11 is 4.52. The fraction of sp³-hybridized carbons (Fsp3) is 0.300. The molecule has 2 rings (SSSR count). The minimum atomic E-state index is -0.125. The molecule has 0 spiro atoms. The number of nitrogens with zero attached hydrogens (tertiary/aromatic N) is 1. The quantitative estimate of drug-likeness (QED) is 0.287. The highest BCUT2D eigenvalue weighted by Crippen LogP contribution is 2.28. The zero-order valence-electron chi connectivity index (χ0n) is 15.1. The van der Waals surface area contributed by atoms with E-state index in [0.717, 1.165) is 36.0 Å². The van der Waals surface area contributed by atoms with E-state index in [1.165, 1.54) is 5.56 Å². The van der Waals surface area contributed by atoms with E-state index in [4.69, 9.17) is 4.74 Å². The number of carbonyl (C=O) groups is 1. The molecule has 0 aliphatic heterocycles. The molecule has 0 aliphatic carbocycles. The van der Waals surface area contributed by atoms with Gasteiger partial charge in [-0.25, -0.2) is 5.43 Å². The van der Waals surface area contributed by atoms with Gasteiger partial charge in [-0.3, -0.25) is 4.79 Å². The van der Waals surface area contributed by atoms with Crippen LogP contribution in [-0.4, -0.2) is 18.7 Å². The average molecular weight is 576 g/mol. The third-order valence-corrected chi connectivity index (χ3v) is 5.33. The minimum Gasteiger partial charge on any atom is -0.491 e. The Morgan fingerprint density at radius 2 is 1.88 bits per heavy atom. The van der Waals surface area contributed by atoms with Crippen LogP contribution in [-0.2, 0) is 11.2 Å². The summed E-state index contributed by atoms with van der Waals surface area (Å²) in [5.41, 5.74) is 6.86. The summed E-state index contributed by atoms with van der Waals surface area (Å²) < 4.78 is 7.84. The smallest absolute Gasteiger partial charge is 0.244 e. The molecule has 0 atom stereocenters. The molecule has 0 heterocycles. The van der Waals surface area contributed by atoms with Crippen molar-refractivity contribution in [3.63, 3.8) is 0 Å². The average Bonchev–Trinajstić information content (AvgIpc) is 2.57. The molecular formula is C20H22I2N2O2. The minimum absolute atomic E-state index is 0.125. The second-order valence-corrected chi connectivity index (χ2v) is 8.39. The number of nitrogens with one attached hydrogen (secondary N) is 1. The lowest BCUT2D eigenvalue weighted by atomic mass is 10.0. The predicted octanol–water partition coefficient (Wildman–Crippen LogP) is 4.99. The molecule has 0 aromatic heterocycles. The van der Waals surface area contributed by atoms with E-state index in [9.17, 15) is 4.79 Å². The van der Waals surface area contributed by atoms with Crippen molar-refractivity contribution in [1.29, 1.82) is 0 Å². The summed E-state index contributed by atoms with van der Waals surface area (Å²) in [5.74, 6) is 0.782. The van der Waals surface area contributed by atoms with Crippen molar-refractivity contribution < 1.29 is 9.53 Å². The Morgan fingerprint density at radius 1 is 1.19 bits per heavy atom. The van der Waals surface area contributed by atoms with Crippen LogP contribution in [0.25, 0.3) is 0 Å². The molecule has 2 aromatic carbocycles. The third-order valence-electron chi connectivity index (χ3n) is 3.72. The number of carbonyl (C=O) groups excluding carboxylic acids is 1.